The molecule has 4 aromatic rings. The molecule has 4 aromatic heterocycles. The van der Waals surface area contributed by atoms with Gasteiger partial charge >= 0.3 is 0 Å². The van der Waals surface area contributed by atoms with Gasteiger partial charge in [-0.2, -0.15) is 10.1 Å². The molecule has 5 rings (SSSR count). The minimum absolute atomic E-state index is 0.392. The summed E-state index contributed by atoms with van der Waals surface area (Å²) in [5, 5.41) is 19.9. The van der Waals surface area contributed by atoms with Crippen molar-refractivity contribution >= 4 is 33.9 Å². The third-order valence-electron chi connectivity index (χ3n) is 5.58. The van der Waals surface area contributed by atoms with Crippen LogP contribution in [0.3, 0.4) is 0 Å². The number of hydrogen-bond donors (Lipinski definition) is 3. The van der Waals surface area contributed by atoms with E-state index in [1.54, 1.807) is 7.11 Å². The van der Waals surface area contributed by atoms with Crippen LogP contribution in [-0.2, 0) is 0 Å². The summed E-state index contributed by atoms with van der Waals surface area (Å²) in [6, 6.07) is 4.77. The fourth-order valence-corrected chi connectivity index (χ4v) is 4.38. The highest BCUT2D eigenvalue weighted by Gasteiger charge is 2.24. The van der Waals surface area contributed by atoms with E-state index in [2.05, 4.69) is 49.7 Å². The molecule has 1 aliphatic heterocycles. The summed E-state index contributed by atoms with van der Waals surface area (Å²) in [5.41, 5.74) is 3.65. The van der Waals surface area contributed by atoms with Crippen LogP contribution in [-0.4, -0.2) is 62.1 Å². The molecule has 10 nitrogen and oxygen atoms in total. The second-order valence-corrected chi connectivity index (χ2v) is 8.31. The number of nitrogens with zero attached hydrogens (tertiary/aromatic N) is 6. The Labute approximate surface area is 180 Å². The molecule has 0 radical (unpaired) electrons. The van der Waals surface area contributed by atoms with Crippen molar-refractivity contribution in [3.63, 3.8) is 0 Å². The Morgan fingerprint density at radius 1 is 1.13 bits per heavy atom. The third-order valence-corrected chi connectivity index (χ3v) is 5.58. The molecule has 0 bridgehead atoms. The molecule has 10 heteroatoms. The number of aromatic nitrogens is 6. The number of rotatable bonds is 4. The van der Waals surface area contributed by atoms with Gasteiger partial charge in [0.15, 0.2) is 11.6 Å². The maximum atomic E-state index is 5.65. The lowest BCUT2D eigenvalue weighted by atomic mass is 10.1. The van der Waals surface area contributed by atoms with Crippen LogP contribution < -0.4 is 20.3 Å². The number of pyridine rings is 1. The number of aromatic amines is 1. The number of ether oxygens (including phenoxy) is 1. The number of nitrogens with one attached hydrogen (secondary N) is 3. The summed E-state index contributed by atoms with van der Waals surface area (Å²) in [7, 11) is 1.63. The maximum absolute atomic E-state index is 5.65. The molecule has 0 amide bonds. The first-order valence-corrected chi connectivity index (χ1v) is 10.5. The van der Waals surface area contributed by atoms with Crippen LogP contribution in [0.2, 0.25) is 0 Å². The number of aryl methyl sites for hydroxylation is 2. The van der Waals surface area contributed by atoms with E-state index in [1.165, 1.54) is 0 Å². The molecule has 1 saturated heterocycles. The summed E-state index contributed by atoms with van der Waals surface area (Å²) < 4.78 is 7.48. The van der Waals surface area contributed by atoms with Gasteiger partial charge in [-0.1, -0.05) is 0 Å². The predicted octanol–water partition coefficient (Wildman–Crippen LogP) is 2.56. The molecule has 1 fully saturated rings. The van der Waals surface area contributed by atoms with Gasteiger partial charge in [-0.15, -0.1) is 5.10 Å². The average Bonchev–Trinajstić information content (AvgIpc) is 3.31. The quantitative estimate of drug-likeness (QED) is 0.461. The van der Waals surface area contributed by atoms with E-state index in [0.717, 1.165) is 46.7 Å². The molecular weight excluding hydrogens is 394 g/mol. The lowest BCUT2D eigenvalue weighted by Gasteiger charge is -2.37. The molecule has 31 heavy (non-hydrogen) atoms. The van der Waals surface area contributed by atoms with Gasteiger partial charge in [-0.25, -0.2) is 4.52 Å². The van der Waals surface area contributed by atoms with Crippen LogP contribution in [0, 0.1) is 13.8 Å². The van der Waals surface area contributed by atoms with Crippen molar-refractivity contribution < 1.29 is 4.74 Å². The van der Waals surface area contributed by atoms with E-state index in [1.807, 2.05) is 36.7 Å². The van der Waals surface area contributed by atoms with E-state index in [4.69, 9.17) is 9.72 Å². The molecule has 2 atom stereocenters. The number of anilines is 3. The normalized spacial score (nSPS) is 19.3. The van der Waals surface area contributed by atoms with Gasteiger partial charge in [0.2, 0.25) is 5.88 Å². The van der Waals surface area contributed by atoms with Crippen molar-refractivity contribution in [2.75, 3.05) is 30.4 Å². The van der Waals surface area contributed by atoms with E-state index >= 15 is 0 Å². The van der Waals surface area contributed by atoms with Crippen LogP contribution in [0.4, 0.5) is 17.5 Å². The average molecular weight is 422 g/mol. The highest BCUT2D eigenvalue weighted by Crippen LogP contribution is 2.34. The molecule has 0 unspecified atom stereocenters. The Bertz CT molecular complexity index is 1250. The standard InChI is InChI=1S/C21H27N9O/c1-11-8-29(9-12(2)22-11)18-6-15-19(21(25-18)31-5)20(27-26-15)24-17-7-16-14(4)23-13(3)10-30(16)28-17/h6-7,10-12,22H,8-9H2,1-5H3,(H2,24,26,27,28)/t11-,12+. The second kappa shape index (κ2) is 7.38. The van der Waals surface area contributed by atoms with Gasteiger partial charge in [-0.05, 0) is 27.7 Å². The number of fused-ring (bicyclic) bond motifs is 2. The molecule has 1 aliphatic rings. The number of hydrogen-bond acceptors (Lipinski definition) is 8. The predicted molar refractivity (Wildman–Crippen MR) is 120 cm³/mol. The highest BCUT2D eigenvalue weighted by molar-refractivity contribution is 5.96. The van der Waals surface area contributed by atoms with Crippen molar-refractivity contribution in [1.82, 2.24) is 35.1 Å². The van der Waals surface area contributed by atoms with Crippen molar-refractivity contribution in [2.45, 2.75) is 39.8 Å². The zero-order valence-corrected chi connectivity index (χ0v) is 18.4. The van der Waals surface area contributed by atoms with Crippen LogP contribution in [0.25, 0.3) is 16.4 Å². The molecule has 5 heterocycles. The minimum Gasteiger partial charge on any atom is -0.480 e. The van der Waals surface area contributed by atoms with Gasteiger partial charge < -0.3 is 20.3 Å². The summed E-state index contributed by atoms with van der Waals surface area (Å²) in [6.07, 6.45) is 1.90. The molecule has 0 spiro atoms. The first-order chi connectivity index (χ1) is 14.9. The SMILES string of the molecule is COc1nc(N2C[C@@H](C)N[C@@H](C)C2)cc2[nH]nc(Nc3cc4c(C)nc(C)cn4n3)c12. The van der Waals surface area contributed by atoms with Crippen LogP contribution in [0.5, 0.6) is 5.88 Å². The van der Waals surface area contributed by atoms with Crippen molar-refractivity contribution in [2.24, 2.45) is 0 Å². The van der Waals surface area contributed by atoms with Gasteiger partial charge in [0.25, 0.3) is 0 Å². The Balaban J connectivity index is 1.51. The monoisotopic (exact) mass is 421 g/mol. The summed E-state index contributed by atoms with van der Waals surface area (Å²) in [6.45, 7) is 10.1. The van der Waals surface area contributed by atoms with Gasteiger partial charge in [0.05, 0.1) is 35.7 Å². The third kappa shape index (κ3) is 3.52. The lowest BCUT2D eigenvalue weighted by molar-refractivity contribution is 0.393. The zero-order chi connectivity index (χ0) is 21.7. The molecule has 162 valence electrons. The van der Waals surface area contributed by atoms with Crippen LogP contribution in [0.15, 0.2) is 18.3 Å². The van der Waals surface area contributed by atoms with Crippen LogP contribution in [0.1, 0.15) is 25.2 Å². The minimum atomic E-state index is 0.392. The molecule has 3 N–H and O–H groups in total. The smallest absolute Gasteiger partial charge is 0.228 e. The first kappa shape index (κ1) is 19.6. The largest absolute Gasteiger partial charge is 0.480 e. The van der Waals surface area contributed by atoms with E-state index in [0.29, 0.717) is 29.6 Å². The molecule has 0 aromatic carbocycles. The van der Waals surface area contributed by atoms with Gasteiger partial charge in [-0.3, -0.25) is 10.1 Å². The molecule has 0 saturated carbocycles. The summed E-state index contributed by atoms with van der Waals surface area (Å²) in [5.74, 6) is 2.71. The maximum Gasteiger partial charge on any atom is 0.228 e. The first-order valence-electron chi connectivity index (χ1n) is 10.5. The van der Waals surface area contributed by atoms with Gasteiger partial charge in [0, 0.05) is 37.3 Å². The van der Waals surface area contributed by atoms with Crippen LogP contribution >= 0.6 is 0 Å². The van der Waals surface area contributed by atoms with Crippen molar-refractivity contribution in [1.29, 1.82) is 0 Å². The van der Waals surface area contributed by atoms with Crippen molar-refractivity contribution in [3.8, 4) is 5.88 Å². The number of piperazine rings is 1. The summed E-state index contributed by atoms with van der Waals surface area (Å²) >= 11 is 0. The van der Waals surface area contributed by atoms with Gasteiger partial charge in [0.1, 0.15) is 11.2 Å². The topological polar surface area (TPSA) is 108 Å². The Morgan fingerprint density at radius 3 is 2.65 bits per heavy atom. The fraction of sp³-hybridized carbons (Fsp3) is 0.429. The number of methoxy groups -OCH3 is 1. The Kier molecular flexibility index (Phi) is 4.66. The Hall–Kier alpha value is -3.40. The zero-order valence-electron chi connectivity index (χ0n) is 18.4. The second-order valence-electron chi connectivity index (χ2n) is 8.31. The number of H-pyrrole nitrogens is 1. The van der Waals surface area contributed by atoms with E-state index in [9.17, 15) is 0 Å². The van der Waals surface area contributed by atoms with Crippen molar-refractivity contribution in [3.05, 3.63) is 29.7 Å². The van der Waals surface area contributed by atoms with E-state index in [-0.39, 0.29) is 0 Å². The lowest BCUT2D eigenvalue weighted by Crippen LogP contribution is -2.54. The molecule has 0 aliphatic carbocycles. The molecular formula is C21H27N9O. The summed E-state index contributed by atoms with van der Waals surface area (Å²) in [4.78, 5) is 11.6. The fourth-order valence-electron chi connectivity index (χ4n) is 4.38. The highest BCUT2D eigenvalue weighted by atomic mass is 16.5. The Morgan fingerprint density at radius 2 is 1.90 bits per heavy atom. The van der Waals surface area contributed by atoms with E-state index < -0.39 is 0 Å².